The Labute approximate surface area is 193 Å². The molecule has 8 heteroatoms. The average molecular weight is 469 g/mol. The van der Waals surface area contributed by atoms with Gasteiger partial charge in [-0.15, -0.1) is 0 Å². The Hall–Kier alpha value is -2.09. The van der Waals surface area contributed by atoms with E-state index >= 15 is 0 Å². The maximum Gasteiger partial charge on any atom is 0.490 e. The molecule has 1 N–H and O–H groups in total. The number of amides is 1. The molecule has 3 aliphatic rings. The monoisotopic (exact) mass is 468 g/mol. The number of halogens is 3. The zero-order chi connectivity index (χ0) is 23.9. The number of carbonyl (C=O) groups excluding carboxylic acids is 1. The molecule has 184 valence electrons. The number of nitrogens with zero attached hydrogens (tertiary/aromatic N) is 2. The third-order valence-corrected chi connectivity index (χ3v) is 7.35. The van der Waals surface area contributed by atoms with Crippen molar-refractivity contribution in [3.8, 4) is 0 Å². The highest BCUT2D eigenvalue weighted by Crippen LogP contribution is 2.40. The van der Waals surface area contributed by atoms with Crippen molar-refractivity contribution in [2.24, 2.45) is 5.92 Å². The Bertz CT molecular complexity index is 781. The Morgan fingerprint density at radius 1 is 1.00 bits per heavy atom. The molecule has 5 nitrogen and oxygen atoms in total. The summed E-state index contributed by atoms with van der Waals surface area (Å²) in [7, 11) is 0. The number of likely N-dealkylation sites (tertiary alicyclic amines) is 2. The normalized spacial score (nSPS) is 24.9. The maximum atomic E-state index is 12.7. The molecule has 1 spiro atoms. The van der Waals surface area contributed by atoms with Gasteiger partial charge in [0.25, 0.3) is 0 Å². The molecular weight excluding hydrogens is 433 g/mol. The number of rotatable bonds is 4. The number of carboxylic acid groups (broad SMARTS) is 1. The number of hydrogen-bond donors (Lipinski definition) is 1. The van der Waals surface area contributed by atoms with Crippen LogP contribution in [0.1, 0.15) is 69.8 Å². The second-order valence-electron chi connectivity index (χ2n) is 9.65. The van der Waals surface area contributed by atoms with Crippen LogP contribution in [0.25, 0.3) is 0 Å². The van der Waals surface area contributed by atoms with Crippen LogP contribution in [-0.4, -0.2) is 58.1 Å². The molecule has 2 saturated heterocycles. The van der Waals surface area contributed by atoms with E-state index in [9.17, 15) is 18.0 Å². The van der Waals surface area contributed by atoms with Crippen molar-refractivity contribution >= 4 is 11.9 Å². The van der Waals surface area contributed by atoms with E-state index in [-0.39, 0.29) is 5.54 Å². The van der Waals surface area contributed by atoms with Gasteiger partial charge in [0, 0.05) is 31.6 Å². The highest BCUT2D eigenvalue weighted by atomic mass is 19.4. The van der Waals surface area contributed by atoms with Crippen LogP contribution in [0.15, 0.2) is 30.3 Å². The summed E-state index contributed by atoms with van der Waals surface area (Å²) in [4.78, 5) is 26.5. The van der Waals surface area contributed by atoms with Crippen molar-refractivity contribution in [3.05, 3.63) is 35.9 Å². The van der Waals surface area contributed by atoms with Crippen LogP contribution in [-0.2, 0) is 16.1 Å². The summed E-state index contributed by atoms with van der Waals surface area (Å²) >= 11 is 0. The number of carboxylic acids is 1. The molecule has 1 unspecified atom stereocenters. The maximum absolute atomic E-state index is 12.7. The summed E-state index contributed by atoms with van der Waals surface area (Å²) in [5.74, 6) is -1.47. The molecule has 1 amide bonds. The van der Waals surface area contributed by atoms with Crippen molar-refractivity contribution in [1.29, 1.82) is 0 Å². The van der Waals surface area contributed by atoms with Crippen molar-refractivity contribution in [1.82, 2.24) is 9.80 Å². The van der Waals surface area contributed by atoms with E-state index < -0.39 is 12.1 Å². The zero-order valence-electron chi connectivity index (χ0n) is 19.2. The van der Waals surface area contributed by atoms with Gasteiger partial charge in [-0.1, -0.05) is 49.6 Å². The highest BCUT2D eigenvalue weighted by molar-refractivity contribution is 5.79. The van der Waals surface area contributed by atoms with Crippen LogP contribution < -0.4 is 0 Å². The van der Waals surface area contributed by atoms with E-state index in [0.717, 1.165) is 31.7 Å². The third-order valence-electron chi connectivity index (χ3n) is 7.35. The topological polar surface area (TPSA) is 60.9 Å². The summed E-state index contributed by atoms with van der Waals surface area (Å²) in [6.45, 7) is 4.49. The minimum absolute atomic E-state index is 0.119. The van der Waals surface area contributed by atoms with Gasteiger partial charge in [0.2, 0.25) is 5.91 Å². The molecule has 0 radical (unpaired) electrons. The van der Waals surface area contributed by atoms with Gasteiger partial charge in [-0.2, -0.15) is 13.2 Å². The minimum Gasteiger partial charge on any atom is -0.475 e. The second-order valence-corrected chi connectivity index (χ2v) is 9.65. The number of benzene rings is 1. The lowest BCUT2D eigenvalue weighted by atomic mass is 9.87. The predicted molar refractivity (Wildman–Crippen MR) is 120 cm³/mol. The van der Waals surface area contributed by atoms with Gasteiger partial charge < -0.3 is 14.9 Å². The molecule has 1 atom stereocenters. The Balaban J connectivity index is 0.000000383. The van der Waals surface area contributed by atoms with Crippen molar-refractivity contribution < 1.29 is 27.9 Å². The number of aliphatic carboxylic acids is 1. The molecule has 0 bridgehead atoms. The predicted octanol–water partition coefficient (Wildman–Crippen LogP) is 5.25. The highest BCUT2D eigenvalue weighted by Gasteiger charge is 2.45. The minimum atomic E-state index is -5.08. The van der Waals surface area contributed by atoms with Crippen molar-refractivity contribution in [2.45, 2.75) is 82.5 Å². The van der Waals surface area contributed by atoms with Crippen LogP contribution >= 0.6 is 0 Å². The fraction of sp³-hybridized carbons (Fsp3) is 0.680. The van der Waals surface area contributed by atoms with E-state index in [1.165, 1.54) is 70.1 Å². The first-order chi connectivity index (χ1) is 15.7. The molecule has 33 heavy (non-hydrogen) atoms. The van der Waals surface area contributed by atoms with Gasteiger partial charge in [-0.25, -0.2) is 4.79 Å². The van der Waals surface area contributed by atoms with Crippen LogP contribution in [0, 0.1) is 5.92 Å². The number of hydrogen-bond acceptors (Lipinski definition) is 3. The molecule has 1 aliphatic carbocycles. The first-order valence-electron chi connectivity index (χ1n) is 12.1. The van der Waals surface area contributed by atoms with Gasteiger partial charge in [0.1, 0.15) is 0 Å². The van der Waals surface area contributed by atoms with Gasteiger partial charge in [0.05, 0.1) is 0 Å². The molecule has 2 heterocycles. The molecule has 0 aromatic heterocycles. The Kier molecular flexibility index (Phi) is 8.79. The van der Waals surface area contributed by atoms with Crippen molar-refractivity contribution in [2.75, 3.05) is 19.6 Å². The standard InChI is InChI=1S/C23H34N2O.C2HF3O2/c26-22-12-14-23(25(22)19-21-10-5-2-6-11-21)13-7-16-24(17-15-23)18-20-8-3-1-4-9-20;3-2(4,5)1(6)7/h2,5-6,10-11,20H,1,3-4,7-9,12-19H2;(H,6,7). The summed E-state index contributed by atoms with van der Waals surface area (Å²) in [5, 5.41) is 7.12. The Morgan fingerprint density at radius 3 is 2.30 bits per heavy atom. The quantitative estimate of drug-likeness (QED) is 0.656. The van der Waals surface area contributed by atoms with Gasteiger partial charge in [-0.3, -0.25) is 4.79 Å². The molecule has 3 fully saturated rings. The summed E-state index contributed by atoms with van der Waals surface area (Å²) < 4.78 is 31.7. The Morgan fingerprint density at radius 2 is 1.67 bits per heavy atom. The van der Waals surface area contributed by atoms with E-state index in [4.69, 9.17) is 9.90 Å². The number of alkyl halides is 3. The molecule has 4 rings (SSSR count). The molecule has 1 aromatic rings. The van der Waals surface area contributed by atoms with E-state index in [1.54, 1.807) is 0 Å². The lowest BCUT2D eigenvalue weighted by Crippen LogP contribution is -2.46. The lowest BCUT2D eigenvalue weighted by Gasteiger charge is -2.38. The molecular formula is C25H35F3N2O3. The van der Waals surface area contributed by atoms with Gasteiger partial charge in [0.15, 0.2) is 0 Å². The molecule has 1 saturated carbocycles. The van der Waals surface area contributed by atoms with Gasteiger partial charge in [-0.05, 0) is 56.6 Å². The molecule has 2 aliphatic heterocycles. The van der Waals surface area contributed by atoms with Crippen molar-refractivity contribution in [3.63, 3.8) is 0 Å². The van der Waals surface area contributed by atoms with E-state index in [1.807, 2.05) is 0 Å². The fourth-order valence-corrected chi connectivity index (χ4v) is 5.57. The lowest BCUT2D eigenvalue weighted by molar-refractivity contribution is -0.192. The second kappa shape index (κ2) is 11.4. The van der Waals surface area contributed by atoms with Crippen LogP contribution in [0.5, 0.6) is 0 Å². The van der Waals surface area contributed by atoms with Crippen LogP contribution in [0.3, 0.4) is 0 Å². The number of carbonyl (C=O) groups is 2. The fourth-order valence-electron chi connectivity index (χ4n) is 5.57. The van der Waals surface area contributed by atoms with E-state index in [0.29, 0.717) is 5.91 Å². The summed E-state index contributed by atoms with van der Waals surface area (Å²) in [5.41, 5.74) is 1.39. The van der Waals surface area contributed by atoms with Crippen LogP contribution in [0.2, 0.25) is 0 Å². The smallest absolute Gasteiger partial charge is 0.475 e. The summed E-state index contributed by atoms with van der Waals surface area (Å²) in [6.07, 6.45) is 7.49. The van der Waals surface area contributed by atoms with Gasteiger partial charge >= 0.3 is 12.1 Å². The molecule has 1 aromatic carbocycles. The summed E-state index contributed by atoms with van der Waals surface area (Å²) in [6, 6.07) is 10.5. The average Bonchev–Trinajstić information content (AvgIpc) is 2.95. The third kappa shape index (κ3) is 7.19. The zero-order valence-corrected chi connectivity index (χ0v) is 19.2. The van der Waals surface area contributed by atoms with E-state index in [2.05, 4.69) is 40.1 Å². The largest absolute Gasteiger partial charge is 0.490 e. The first kappa shape index (κ1) is 25.5. The SMILES string of the molecule is O=C(O)C(F)(F)F.O=C1CCC2(CCCN(CC3CCCCC3)CC2)N1Cc1ccccc1. The first-order valence-corrected chi connectivity index (χ1v) is 12.1. The van der Waals surface area contributed by atoms with Crippen LogP contribution in [0.4, 0.5) is 13.2 Å².